The van der Waals surface area contributed by atoms with Gasteiger partial charge in [0.2, 0.25) is 0 Å². The Labute approximate surface area is 96.3 Å². The molecule has 0 unspecified atom stereocenters. The minimum absolute atomic E-state index is 0.697. The molecule has 4 heteroatoms. The lowest BCUT2D eigenvalue weighted by Crippen LogP contribution is -2.25. The van der Waals surface area contributed by atoms with Crippen molar-refractivity contribution in [3.8, 4) is 0 Å². The number of hydrogen-bond acceptors (Lipinski definition) is 4. The van der Waals surface area contributed by atoms with Crippen LogP contribution in [-0.2, 0) is 12.8 Å². The van der Waals surface area contributed by atoms with E-state index in [1.165, 1.54) is 9.88 Å². The second-order valence-electron chi connectivity index (χ2n) is 3.54. The molecule has 0 aliphatic rings. The van der Waals surface area contributed by atoms with Crippen molar-refractivity contribution < 1.29 is 0 Å². The maximum absolute atomic E-state index is 5.49. The van der Waals surface area contributed by atoms with Crippen molar-refractivity contribution in [3.63, 3.8) is 0 Å². The average Bonchev–Trinajstić information content (AvgIpc) is 2.68. The third-order valence-electron chi connectivity index (χ3n) is 2.53. The van der Waals surface area contributed by atoms with Gasteiger partial charge in [-0.1, -0.05) is 13.8 Å². The van der Waals surface area contributed by atoms with Gasteiger partial charge in [0.05, 0.1) is 5.01 Å². The molecule has 1 aromatic rings. The molecule has 1 heterocycles. The number of nitrogens with two attached hydrogens (primary N) is 1. The predicted octanol–water partition coefficient (Wildman–Crippen LogP) is 1.53. The number of aromatic nitrogens is 1. The number of rotatable bonds is 7. The molecule has 15 heavy (non-hydrogen) atoms. The molecule has 0 amide bonds. The summed E-state index contributed by atoms with van der Waals surface area (Å²) in [6, 6.07) is 0. The molecule has 0 fully saturated rings. The Hall–Kier alpha value is -0.450. The third kappa shape index (κ3) is 4.28. The summed E-state index contributed by atoms with van der Waals surface area (Å²) in [7, 11) is 0. The SMILES string of the molecule is CCN(CC)CCc1cnc(CCN)s1. The van der Waals surface area contributed by atoms with E-state index in [9.17, 15) is 0 Å². The second kappa shape index (κ2) is 6.93. The quantitative estimate of drug-likeness (QED) is 0.768. The molecular formula is C11H21N3S. The van der Waals surface area contributed by atoms with Crippen molar-refractivity contribution in [2.24, 2.45) is 5.73 Å². The van der Waals surface area contributed by atoms with Gasteiger partial charge in [0.15, 0.2) is 0 Å². The highest BCUT2D eigenvalue weighted by molar-refractivity contribution is 7.11. The Balaban J connectivity index is 2.36. The molecule has 0 aliphatic carbocycles. The van der Waals surface area contributed by atoms with Crippen molar-refractivity contribution in [3.05, 3.63) is 16.1 Å². The van der Waals surface area contributed by atoms with Crippen molar-refractivity contribution in [2.75, 3.05) is 26.2 Å². The second-order valence-corrected chi connectivity index (χ2v) is 4.74. The average molecular weight is 227 g/mol. The Morgan fingerprint density at radius 1 is 1.33 bits per heavy atom. The van der Waals surface area contributed by atoms with E-state index in [2.05, 4.69) is 23.7 Å². The Morgan fingerprint density at radius 3 is 2.67 bits per heavy atom. The fourth-order valence-electron chi connectivity index (χ4n) is 1.51. The smallest absolute Gasteiger partial charge is 0.0940 e. The van der Waals surface area contributed by atoms with Gasteiger partial charge in [-0.15, -0.1) is 11.3 Å². The molecule has 0 saturated carbocycles. The number of nitrogens with zero attached hydrogens (tertiary/aromatic N) is 2. The van der Waals surface area contributed by atoms with Gasteiger partial charge in [-0.05, 0) is 26.1 Å². The molecule has 1 aromatic heterocycles. The normalized spacial score (nSPS) is 11.2. The first-order valence-corrected chi connectivity index (χ1v) is 6.47. The molecule has 2 N–H and O–H groups in total. The summed E-state index contributed by atoms with van der Waals surface area (Å²) >= 11 is 1.80. The summed E-state index contributed by atoms with van der Waals surface area (Å²) < 4.78 is 0. The molecule has 86 valence electrons. The minimum atomic E-state index is 0.697. The molecule has 0 aromatic carbocycles. The topological polar surface area (TPSA) is 42.2 Å². The van der Waals surface area contributed by atoms with Crippen LogP contribution >= 0.6 is 11.3 Å². The number of likely N-dealkylation sites (N-methyl/N-ethyl adjacent to an activating group) is 1. The van der Waals surface area contributed by atoms with Gasteiger partial charge in [0, 0.05) is 24.0 Å². The van der Waals surface area contributed by atoms with Crippen LogP contribution in [0.1, 0.15) is 23.7 Å². The van der Waals surface area contributed by atoms with Crippen LogP contribution in [0.4, 0.5) is 0 Å². The van der Waals surface area contributed by atoms with Gasteiger partial charge in [0.1, 0.15) is 0 Å². The number of thiazole rings is 1. The molecule has 0 radical (unpaired) electrons. The molecule has 0 aliphatic heterocycles. The standard InChI is InChI=1S/C11H21N3S/c1-3-14(4-2)8-6-10-9-13-11(15-10)5-7-12/h9H,3-8,12H2,1-2H3. The molecule has 1 rings (SSSR count). The summed E-state index contributed by atoms with van der Waals surface area (Å²) in [5.41, 5.74) is 5.49. The first-order chi connectivity index (χ1) is 7.30. The maximum atomic E-state index is 5.49. The van der Waals surface area contributed by atoms with Crippen molar-refractivity contribution in [1.29, 1.82) is 0 Å². The summed E-state index contributed by atoms with van der Waals surface area (Å²) in [6.07, 6.45) is 4.03. The van der Waals surface area contributed by atoms with Gasteiger partial charge < -0.3 is 10.6 Å². The summed E-state index contributed by atoms with van der Waals surface area (Å²) in [5, 5.41) is 1.17. The van der Waals surface area contributed by atoms with Gasteiger partial charge in [0.25, 0.3) is 0 Å². The van der Waals surface area contributed by atoms with E-state index in [-0.39, 0.29) is 0 Å². The van der Waals surface area contributed by atoms with Crippen LogP contribution in [0.25, 0.3) is 0 Å². The Bertz CT molecular complexity index is 269. The lowest BCUT2D eigenvalue weighted by atomic mass is 10.3. The summed E-state index contributed by atoms with van der Waals surface area (Å²) in [5.74, 6) is 0. The van der Waals surface area contributed by atoms with E-state index in [0.29, 0.717) is 6.54 Å². The Morgan fingerprint density at radius 2 is 2.07 bits per heavy atom. The largest absolute Gasteiger partial charge is 0.330 e. The van der Waals surface area contributed by atoms with Crippen molar-refractivity contribution >= 4 is 11.3 Å². The fraction of sp³-hybridized carbons (Fsp3) is 0.727. The Kier molecular flexibility index (Phi) is 5.83. The molecule has 3 nitrogen and oxygen atoms in total. The highest BCUT2D eigenvalue weighted by Crippen LogP contribution is 2.14. The van der Waals surface area contributed by atoms with Crippen LogP contribution in [0.3, 0.4) is 0 Å². The van der Waals surface area contributed by atoms with E-state index in [1.807, 2.05) is 6.20 Å². The van der Waals surface area contributed by atoms with Crippen LogP contribution in [0, 0.1) is 0 Å². The van der Waals surface area contributed by atoms with E-state index >= 15 is 0 Å². The van der Waals surface area contributed by atoms with E-state index in [1.54, 1.807) is 11.3 Å². The van der Waals surface area contributed by atoms with Gasteiger partial charge in [-0.2, -0.15) is 0 Å². The molecule has 0 atom stereocenters. The first kappa shape index (κ1) is 12.6. The van der Waals surface area contributed by atoms with E-state index in [4.69, 9.17) is 5.73 Å². The minimum Gasteiger partial charge on any atom is -0.330 e. The zero-order valence-electron chi connectivity index (χ0n) is 9.70. The predicted molar refractivity (Wildman–Crippen MR) is 66.4 cm³/mol. The lowest BCUT2D eigenvalue weighted by Gasteiger charge is -2.16. The molecular weight excluding hydrogens is 206 g/mol. The van der Waals surface area contributed by atoms with Crippen LogP contribution < -0.4 is 5.73 Å². The zero-order chi connectivity index (χ0) is 11.1. The summed E-state index contributed by atoms with van der Waals surface area (Å²) in [6.45, 7) is 8.50. The highest BCUT2D eigenvalue weighted by atomic mass is 32.1. The van der Waals surface area contributed by atoms with E-state index < -0.39 is 0 Å². The fourth-order valence-corrected chi connectivity index (χ4v) is 2.44. The molecule has 0 bridgehead atoms. The first-order valence-electron chi connectivity index (χ1n) is 5.66. The monoisotopic (exact) mass is 227 g/mol. The third-order valence-corrected chi connectivity index (χ3v) is 3.65. The molecule has 0 saturated heterocycles. The van der Waals surface area contributed by atoms with E-state index in [0.717, 1.165) is 32.5 Å². The van der Waals surface area contributed by atoms with Crippen molar-refractivity contribution in [1.82, 2.24) is 9.88 Å². The van der Waals surface area contributed by atoms with Crippen LogP contribution in [0.15, 0.2) is 6.20 Å². The van der Waals surface area contributed by atoms with Gasteiger partial charge in [-0.25, -0.2) is 4.98 Å². The van der Waals surface area contributed by atoms with Gasteiger partial charge >= 0.3 is 0 Å². The van der Waals surface area contributed by atoms with Crippen LogP contribution in [-0.4, -0.2) is 36.1 Å². The zero-order valence-corrected chi connectivity index (χ0v) is 10.5. The summed E-state index contributed by atoms with van der Waals surface area (Å²) in [4.78, 5) is 8.17. The maximum Gasteiger partial charge on any atom is 0.0940 e. The number of hydrogen-bond donors (Lipinski definition) is 1. The lowest BCUT2D eigenvalue weighted by molar-refractivity contribution is 0.308. The van der Waals surface area contributed by atoms with Crippen molar-refractivity contribution in [2.45, 2.75) is 26.7 Å². The highest BCUT2D eigenvalue weighted by Gasteiger charge is 2.03. The van der Waals surface area contributed by atoms with Gasteiger partial charge in [-0.3, -0.25) is 0 Å². The molecule has 0 spiro atoms. The van der Waals surface area contributed by atoms with Crippen LogP contribution in [0.5, 0.6) is 0 Å². The van der Waals surface area contributed by atoms with Crippen LogP contribution in [0.2, 0.25) is 0 Å².